The molecule has 0 saturated carbocycles. The summed E-state index contributed by atoms with van der Waals surface area (Å²) in [5.74, 6) is -1.17. The molecular formula is C25H40I2N4O4. The zero-order valence-electron chi connectivity index (χ0n) is 21.5. The summed E-state index contributed by atoms with van der Waals surface area (Å²) in [5, 5.41) is 8.86. The van der Waals surface area contributed by atoms with Gasteiger partial charge in [-0.25, -0.2) is 18.7 Å². The molecule has 198 valence electrons. The summed E-state index contributed by atoms with van der Waals surface area (Å²) >= 11 is 0. The molecule has 0 spiro atoms. The average molecular weight is 714 g/mol. The lowest BCUT2D eigenvalue weighted by Gasteiger charge is -2.15. The van der Waals surface area contributed by atoms with Gasteiger partial charge >= 0.3 is 11.9 Å². The van der Waals surface area contributed by atoms with Crippen molar-refractivity contribution in [3.63, 3.8) is 0 Å². The number of carbonyl (C=O) groups excluding carboxylic acids is 1. The molecule has 0 saturated heterocycles. The maximum absolute atomic E-state index is 11.4. The molecule has 0 aliphatic heterocycles. The second-order valence-corrected chi connectivity index (χ2v) is 7.51. The Kier molecular flexibility index (Phi) is 21.2. The Hall–Kier alpha value is -1.38. The minimum atomic E-state index is -0.878. The number of carboxylic acid groups (broad SMARTS) is 1. The van der Waals surface area contributed by atoms with Gasteiger partial charge in [0.2, 0.25) is 0 Å². The first-order valence-corrected chi connectivity index (χ1v) is 11.6. The van der Waals surface area contributed by atoms with Crippen LogP contribution in [0.25, 0.3) is 0 Å². The van der Waals surface area contributed by atoms with Crippen LogP contribution in [0, 0.1) is 0 Å². The van der Waals surface area contributed by atoms with Crippen LogP contribution in [-0.4, -0.2) is 73.2 Å². The Bertz CT molecular complexity index is 863. The number of hydrogen-bond donors (Lipinski definition) is 1. The van der Waals surface area contributed by atoms with Crippen molar-refractivity contribution in [1.82, 2.24) is 9.80 Å². The minimum Gasteiger partial charge on any atom is -1.00 e. The topological polar surface area (TPSA) is 77.8 Å². The van der Waals surface area contributed by atoms with E-state index in [0.29, 0.717) is 11.1 Å². The van der Waals surface area contributed by atoms with Gasteiger partial charge in [-0.3, -0.25) is 9.80 Å². The van der Waals surface area contributed by atoms with Gasteiger partial charge in [0, 0.05) is 12.1 Å². The fraction of sp³-hybridized carbons (Fsp3) is 0.520. The molecule has 0 aromatic carbocycles. The molecule has 8 nitrogen and oxygen atoms in total. The number of esters is 1. The third-order valence-electron chi connectivity index (χ3n) is 5.52. The van der Waals surface area contributed by atoms with E-state index in [2.05, 4.69) is 37.5 Å². The average Bonchev–Trinajstić information content (AvgIpc) is 2.85. The molecule has 0 bridgehead atoms. The van der Waals surface area contributed by atoms with Crippen molar-refractivity contribution in [2.45, 2.75) is 40.8 Å². The van der Waals surface area contributed by atoms with Gasteiger partial charge in [-0.1, -0.05) is 27.7 Å². The summed E-state index contributed by atoms with van der Waals surface area (Å²) in [4.78, 5) is 26.8. The van der Waals surface area contributed by atoms with E-state index < -0.39 is 5.97 Å². The fourth-order valence-electron chi connectivity index (χ4n) is 3.28. The second kappa shape index (κ2) is 20.8. The van der Waals surface area contributed by atoms with Crippen molar-refractivity contribution >= 4 is 11.9 Å². The fourth-order valence-corrected chi connectivity index (χ4v) is 3.28. The van der Waals surface area contributed by atoms with E-state index in [1.807, 2.05) is 33.8 Å². The molecule has 0 unspecified atom stereocenters. The molecule has 10 heteroatoms. The number of carbonyl (C=O) groups is 2. The van der Waals surface area contributed by atoms with Crippen LogP contribution in [0.3, 0.4) is 0 Å². The molecule has 0 atom stereocenters. The van der Waals surface area contributed by atoms with Crippen molar-refractivity contribution < 1.29 is 76.5 Å². The highest BCUT2D eigenvalue weighted by atomic mass is 127. The quantitative estimate of drug-likeness (QED) is 0.138. The molecule has 0 amide bonds. The number of aromatic carboxylic acids is 1. The van der Waals surface area contributed by atoms with Gasteiger partial charge in [-0.15, -0.1) is 0 Å². The third kappa shape index (κ3) is 14.1. The van der Waals surface area contributed by atoms with E-state index in [9.17, 15) is 9.59 Å². The Morgan fingerprint density at radius 1 is 0.800 bits per heavy atom. The molecule has 1 N–H and O–H groups in total. The van der Waals surface area contributed by atoms with Crippen molar-refractivity contribution in [1.29, 1.82) is 0 Å². The van der Waals surface area contributed by atoms with Crippen LogP contribution in [-0.2, 0) is 17.8 Å². The number of likely N-dealkylation sites (N-methyl/N-ethyl adjacent to an activating group) is 2. The number of aromatic nitrogens is 2. The van der Waals surface area contributed by atoms with Crippen molar-refractivity contribution in [2.75, 3.05) is 46.4 Å². The molecule has 0 radical (unpaired) electrons. The Morgan fingerprint density at radius 3 is 1.57 bits per heavy atom. The highest BCUT2D eigenvalue weighted by molar-refractivity contribution is 5.88. The molecule has 35 heavy (non-hydrogen) atoms. The minimum absolute atomic E-state index is 0. The predicted molar refractivity (Wildman–Crippen MR) is 127 cm³/mol. The molecule has 2 aromatic heterocycles. The summed E-state index contributed by atoms with van der Waals surface area (Å²) in [6, 6.07) is 7.01. The van der Waals surface area contributed by atoms with E-state index in [0.717, 1.165) is 52.4 Å². The number of methoxy groups -OCH3 is 1. The zero-order chi connectivity index (χ0) is 24.6. The normalized spacial score (nSPS) is 10.0. The van der Waals surface area contributed by atoms with Crippen LogP contribution in [0.4, 0.5) is 0 Å². The molecular weight excluding hydrogens is 674 g/mol. The first kappa shape index (κ1) is 35.8. The number of halogens is 2. The van der Waals surface area contributed by atoms with Gasteiger partial charge in [0.1, 0.15) is 11.1 Å². The highest BCUT2D eigenvalue weighted by Gasteiger charge is 2.11. The second-order valence-electron chi connectivity index (χ2n) is 7.51. The van der Waals surface area contributed by atoms with Crippen molar-refractivity contribution in [2.24, 2.45) is 0 Å². The number of pyridine rings is 2. The van der Waals surface area contributed by atoms with Crippen LogP contribution >= 0.6 is 0 Å². The largest absolute Gasteiger partial charge is 1.00 e. The molecule has 0 aliphatic rings. The number of rotatable bonds is 12. The van der Waals surface area contributed by atoms with Crippen LogP contribution in [0.1, 0.15) is 48.4 Å². The van der Waals surface area contributed by atoms with E-state index in [1.54, 1.807) is 24.4 Å². The Balaban J connectivity index is 0. The van der Waals surface area contributed by atoms with E-state index in [1.165, 1.54) is 7.11 Å². The van der Waals surface area contributed by atoms with Crippen molar-refractivity contribution in [3.05, 3.63) is 60.2 Å². The first-order valence-electron chi connectivity index (χ1n) is 11.6. The molecule has 2 heterocycles. The van der Waals surface area contributed by atoms with Gasteiger partial charge < -0.3 is 57.8 Å². The van der Waals surface area contributed by atoms with E-state index >= 15 is 0 Å². The lowest BCUT2D eigenvalue weighted by molar-refractivity contribution is -0.696. The predicted octanol–water partition coefficient (Wildman–Crippen LogP) is -3.88. The van der Waals surface area contributed by atoms with Gasteiger partial charge in [0.25, 0.3) is 0 Å². The van der Waals surface area contributed by atoms with Crippen LogP contribution in [0.2, 0.25) is 0 Å². The van der Waals surface area contributed by atoms with Gasteiger partial charge in [-0.05, 0) is 38.3 Å². The summed E-state index contributed by atoms with van der Waals surface area (Å²) in [7, 11) is 1.40. The Morgan fingerprint density at radius 2 is 1.20 bits per heavy atom. The number of ether oxygens (including phenoxy) is 1. The van der Waals surface area contributed by atoms with Gasteiger partial charge in [0.05, 0.1) is 20.2 Å². The third-order valence-corrected chi connectivity index (χ3v) is 5.52. The SMILES string of the molecule is CCN(CC)CC[n+]1cccc(C(=O)O)c1.CCN(CC)CC[n+]1cccc(C(=O)OC)c1.[I-].[I-]. The van der Waals surface area contributed by atoms with E-state index in [-0.39, 0.29) is 53.9 Å². The van der Waals surface area contributed by atoms with Gasteiger partial charge in [0.15, 0.2) is 37.9 Å². The summed E-state index contributed by atoms with van der Waals surface area (Å²) in [6.45, 7) is 16.3. The summed E-state index contributed by atoms with van der Waals surface area (Å²) in [6.07, 6.45) is 7.37. The summed E-state index contributed by atoms with van der Waals surface area (Å²) in [5.41, 5.74) is 0.927. The van der Waals surface area contributed by atoms with Gasteiger partial charge in [-0.2, -0.15) is 0 Å². The maximum atomic E-state index is 11.4. The van der Waals surface area contributed by atoms with Crippen LogP contribution in [0.15, 0.2) is 49.1 Å². The first-order chi connectivity index (χ1) is 15.9. The van der Waals surface area contributed by atoms with Crippen LogP contribution in [0.5, 0.6) is 0 Å². The standard InChI is InChI=1S/C13H21N2O2.C12H18N2O2.2HI/c1-4-14(5-2)9-10-15-8-6-7-12(11-15)13(16)17-3;1-3-13(4-2)8-9-14-7-5-6-11(10-14)12(15)16;;/h6-8,11H,4-5,9-10H2,1-3H3;5-7,10H,3-4,8-9H2,1-2H3;2*1H/q+1;;;/p-1. The smallest absolute Gasteiger partial charge is 0.343 e. The number of hydrogen-bond acceptors (Lipinski definition) is 5. The molecule has 0 fully saturated rings. The summed E-state index contributed by atoms with van der Waals surface area (Å²) < 4.78 is 8.63. The molecule has 2 rings (SSSR count). The number of nitrogens with zero attached hydrogens (tertiary/aromatic N) is 4. The van der Waals surface area contributed by atoms with Crippen molar-refractivity contribution in [3.8, 4) is 0 Å². The van der Waals surface area contributed by atoms with Crippen LogP contribution < -0.4 is 57.1 Å². The highest BCUT2D eigenvalue weighted by Crippen LogP contribution is 1.97. The lowest BCUT2D eigenvalue weighted by Crippen LogP contribution is -3.00. The number of carboxylic acids is 1. The Labute approximate surface area is 244 Å². The zero-order valence-corrected chi connectivity index (χ0v) is 25.8. The lowest BCUT2D eigenvalue weighted by atomic mass is 10.3. The molecule has 2 aromatic rings. The monoisotopic (exact) mass is 714 g/mol. The molecule has 0 aliphatic carbocycles. The van der Waals surface area contributed by atoms with E-state index in [4.69, 9.17) is 9.84 Å². The maximum Gasteiger partial charge on any atom is 0.343 e.